The number of carbonyl (C=O) groups excluding carboxylic acids is 1. The van der Waals surface area contributed by atoms with Crippen molar-refractivity contribution in [2.75, 3.05) is 19.3 Å². The molecule has 0 unspecified atom stereocenters. The lowest BCUT2D eigenvalue weighted by atomic mass is 9.90. The van der Waals surface area contributed by atoms with Gasteiger partial charge < -0.3 is 4.98 Å². The predicted molar refractivity (Wildman–Crippen MR) is 82.1 cm³/mol. The van der Waals surface area contributed by atoms with Crippen molar-refractivity contribution in [2.45, 2.75) is 18.8 Å². The Morgan fingerprint density at radius 3 is 2.62 bits per heavy atom. The van der Waals surface area contributed by atoms with Crippen molar-refractivity contribution in [3.63, 3.8) is 0 Å². The highest BCUT2D eigenvalue weighted by Crippen LogP contribution is 2.33. The van der Waals surface area contributed by atoms with Crippen LogP contribution in [-0.4, -0.2) is 43.3 Å². The summed E-state index contributed by atoms with van der Waals surface area (Å²) < 4.78 is 24.6. The van der Waals surface area contributed by atoms with Crippen molar-refractivity contribution < 1.29 is 13.2 Å². The lowest BCUT2D eigenvalue weighted by Crippen LogP contribution is -2.37. The van der Waals surface area contributed by atoms with Crippen LogP contribution in [0.1, 0.15) is 34.7 Å². The van der Waals surface area contributed by atoms with Crippen LogP contribution < -0.4 is 0 Å². The molecule has 0 radical (unpaired) electrons. The predicted octanol–water partition coefficient (Wildman–Crippen LogP) is 2.12. The third-order valence-electron chi connectivity index (χ3n) is 4.24. The van der Waals surface area contributed by atoms with Gasteiger partial charge in [-0.3, -0.25) is 4.79 Å². The zero-order valence-corrected chi connectivity index (χ0v) is 12.7. The minimum atomic E-state index is -3.08. The highest BCUT2D eigenvalue weighted by atomic mass is 32.2. The van der Waals surface area contributed by atoms with Crippen LogP contribution in [0, 0.1) is 0 Å². The maximum atomic E-state index is 11.5. The summed E-state index contributed by atoms with van der Waals surface area (Å²) in [5.74, 6) is 0.360. The van der Waals surface area contributed by atoms with Gasteiger partial charge in [0.05, 0.1) is 6.26 Å². The molecule has 0 atom stereocenters. The van der Waals surface area contributed by atoms with E-state index in [1.54, 1.807) is 4.31 Å². The topological polar surface area (TPSA) is 70.2 Å². The molecule has 0 saturated carbocycles. The second kappa shape index (κ2) is 5.27. The van der Waals surface area contributed by atoms with E-state index in [0.717, 1.165) is 30.0 Å². The molecule has 5 nitrogen and oxygen atoms in total. The number of fused-ring (bicyclic) bond motifs is 1. The molecule has 1 aromatic carbocycles. The monoisotopic (exact) mass is 306 g/mol. The Morgan fingerprint density at radius 1 is 1.29 bits per heavy atom. The normalized spacial score (nSPS) is 18.1. The number of hydrogen-bond donors (Lipinski definition) is 1. The van der Waals surface area contributed by atoms with Gasteiger partial charge in [0.1, 0.15) is 6.29 Å². The smallest absolute Gasteiger partial charge is 0.211 e. The van der Waals surface area contributed by atoms with E-state index < -0.39 is 10.0 Å². The molecule has 0 amide bonds. The van der Waals surface area contributed by atoms with Crippen molar-refractivity contribution in [3.8, 4) is 0 Å². The third-order valence-corrected chi connectivity index (χ3v) is 5.54. The first-order valence-corrected chi connectivity index (χ1v) is 8.85. The zero-order chi connectivity index (χ0) is 15.0. The number of benzene rings is 1. The lowest BCUT2D eigenvalue weighted by molar-refractivity contribution is 0.112. The quantitative estimate of drug-likeness (QED) is 0.883. The standard InChI is InChI=1S/C15H18N2O3S/c1-21(19,20)17-6-4-12(5-7-17)14-9-16-15-8-11(10-18)2-3-13(14)15/h2-3,8-10,12,16H,4-7H2,1H3. The molecule has 112 valence electrons. The van der Waals surface area contributed by atoms with E-state index in [-0.39, 0.29) is 0 Å². The lowest BCUT2D eigenvalue weighted by Gasteiger charge is -2.30. The van der Waals surface area contributed by atoms with Gasteiger partial charge in [-0.1, -0.05) is 12.1 Å². The summed E-state index contributed by atoms with van der Waals surface area (Å²) in [6, 6.07) is 5.63. The van der Waals surface area contributed by atoms with Crippen LogP contribution in [0.25, 0.3) is 10.9 Å². The molecule has 1 aliphatic rings. The Balaban J connectivity index is 1.84. The summed E-state index contributed by atoms with van der Waals surface area (Å²) in [4.78, 5) is 14.0. The Bertz CT molecular complexity index is 771. The highest BCUT2D eigenvalue weighted by molar-refractivity contribution is 7.88. The van der Waals surface area contributed by atoms with Crippen LogP contribution >= 0.6 is 0 Å². The van der Waals surface area contributed by atoms with Gasteiger partial charge in [-0.05, 0) is 30.4 Å². The number of carbonyl (C=O) groups is 1. The van der Waals surface area contributed by atoms with Gasteiger partial charge >= 0.3 is 0 Å². The first kappa shape index (κ1) is 14.3. The summed E-state index contributed by atoms with van der Waals surface area (Å²) >= 11 is 0. The molecule has 1 aliphatic heterocycles. The summed E-state index contributed by atoms with van der Waals surface area (Å²) in [6.45, 7) is 1.14. The number of sulfonamides is 1. The minimum Gasteiger partial charge on any atom is -0.361 e. The fraction of sp³-hybridized carbons (Fsp3) is 0.400. The number of rotatable bonds is 3. The van der Waals surface area contributed by atoms with Crippen molar-refractivity contribution in [1.29, 1.82) is 0 Å². The van der Waals surface area contributed by atoms with E-state index in [9.17, 15) is 13.2 Å². The number of aromatic nitrogens is 1. The number of piperidine rings is 1. The van der Waals surface area contributed by atoms with Gasteiger partial charge in [0.25, 0.3) is 0 Å². The number of nitrogens with one attached hydrogen (secondary N) is 1. The Hall–Kier alpha value is -1.66. The number of aromatic amines is 1. The van der Waals surface area contributed by atoms with Crippen LogP contribution in [0.2, 0.25) is 0 Å². The SMILES string of the molecule is CS(=O)(=O)N1CCC(c2c[nH]c3cc(C=O)ccc23)CC1. The van der Waals surface area contributed by atoms with Crippen LogP contribution in [0.4, 0.5) is 0 Å². The molecule has 6 heteroatoms. The van der Waals surface area contributed by atoms with Crippen molar-refractivity contribution in [2.24, 2.45) is 0 Å². The van der Waals surface area contributed by atoms with Crippen LogP contribution in [-0.2, 0) is 10.0 Å². The molecular formula is C15H18N2O3S. The summed E-state index contributed by atoms with van der Waals surface area (Å²) in [5, 5.41) is 1.12. The van der Waals surface area contributed by atoms with E-state index in [2.05, 4.69) is 4.98 Å². The maximum absolute atomic E-state index is 11.5. The van der Waals surface area contributed by atoms with Crippen LogP contribution in [0.5, 0.6) is 0 Å². The summed E-state index contributed by atoms with van der Waals surface area (Å²) in [6.07, 6.45) is 5.75. The molecule has 2 heterocycles. The first-order chi connectivity index (χ1) is 9.99. The minimum absolute atomic E-state index is 0.360. The highest BCUT2D eigenvalue weighted by Gasteiger charge is 2.27. The summed E-state index contributed by atoms with van der Waals surface area (Å²) in [7, 11) is -3.08. The van der Waals surface area contributed by atoms with E-state index in [1.807, 2.05) is 24.4 Å². The van der Waals surface area contributed by atoms with Gasteiger partial charge in [-0.25, -0.2) is 12.7 Å². The Labute approximate surface area is 124 Å². The van der Waals surface area contributed by atoms with Gasteiger partial charge in [-0.15, -0.1) is 0 Å². The molecule has 21 heavy (non-hydrogen) atoms. The largest absolute Gasteiger partial charge is 0.361 e. The van der Waals surface area contributed by atoms with E-state index in [0.29, 0.717) is 24.6 Å². The van der Waals surface area contributed by atoms with Gasteiger partial charge in [-0.2, -0.15) is 0 Å². The van der Waals surface area contributed by atoms with E-state index in [1.165, 1.54) is 11.8 Å². The molecule has 2 aromatic rings. The molecular weight excluding hydrogens is 288 g/mol. The fourth-order valence-corrected chi connectivity index (χ4v) is 3.95. The van der Waals surface area contributed by atoms with Crippen LogP contribution in [0.15, 0.2) is 24.4 Å². The fourth-order valence-electron chi connectivity index (χ4n) is 3.08. The number of H-pyrrole nitrogens is 1. The van der Waals surface area contributed by atoms with Gasteiger partial charge in [0.2, 0.25) is 10.0 Å². The molecule has 1 fully saturated rings. The third kappa shape index (κ3) is 2.73. The molecule has 1 N–H and O–H groups in total. The van der Waals surface area contributed by atoms with Crippen molar-refractivity contribution in [3.05, 3.63) is 35.5 Å². The molecule has 1 aromatic heterocycles. The molecule has 1 saturated heterocycles. The van der Waals surface area contributed by atoms with E-state index in [4.69, 9.17) is 0 Å². The summed E-state index contributed by atoms with van der Waals surface area (Å²) in [5.41, 5.74) is 2.83. The second-order valence-electron chi connectivity index (χ2n) is 5.60. The number of hydrogen-bond acceptors (Lipinski definition) is 3. The van der Waals surface area contributed by atoms with Crippen molar-refractivity contribution in [1.82, 2.24) is 9.29 Å². The molecule has 0 spiro atoms. The number of aldehydes is 1. The second-order valence-corrected chi connectivity index (χ2v) is 7.59. The Morgan fingerprint density at radius 2 is 2.00 bits per heavy atom. The van der Waals surface area contributed by atoms with Crippen LogP contribution in [0.3, 0.4) is 0 Å². The molecule has 0 bridgehead atoms. The zero-order valence-electron chi connectivity index (χ0n) is 11.9. The number of nitrogens with zero attached hydrogens (tertiary/aromatic N) is 1. The average molecular weight is 306 g/mol. The maximum Gasteiger partial charge on any atom is 0.211 e. The first-order valence-electron chi connectivity index (χ1n) is 7.00. The van der Waals surface area contributed by atoms with Gasteiger partial charge in [0, 0.05) is 35.8 Å². The molecule has 3 rings (SSSR count). The van der Waals surface area contributed by atoms with E-state index >= 15 is 0 Å². The average Bonchev–Trinajstić information content (AvgIpc) is 2.89. The van der Waals surface area contributed by atoms with Crippen molar-refractivity contribution >= 4 is 27.2 Å². The molecule has 0 aliphatic carbocycles. The Kier molecular flexibility index (Phi) is 3.59. The van der Waals surface area contributed by atoms with Gasteiger partial charge in [0.15, 0.2) is 0 Å².